The fourth-order valence-corrected chi connectivity index (χ4v) is 4.84. The average Bonchev–Trinajstić information content (AvgIpc) is 3.30. The summed E-state index contributed by atoms with van der Waals surface area (Å²) in [5.74, 6) is 1.05. The third-order valence-corrected chi connectivity index (χ3v) is 6.84. The molecule has 0 radical (unpaired) electrons. The van der Waals surface area contributed by atoms with Crippen LogP contribution in [0.4, 0.5) is 0 Å². The van der Waals surface area contributed by atoms with Gasteiger partial charge in [0.15, 0.2) is 0 Å². The maximum Gasteiger partial charge on any atom is 0.115 e. The van der Waals surface area contributed by atoms with E-state index >= 15 is 0 Å². The van der Waals surface area contributed by atoms with Crippen LogP contribution in [-0.4, -0.2) is 32.7 Å². The van der Waals surface area contributed by atoms with Gasteiger partial charge in [0, 0.05) is 24.9 Å². The molecular formula is C25H30N4OS. The molecule has 0 bridgehead atoms. The number of fused-ring (bicyclic) bond motifs is 1. The highest BCUT2D eigenvalue weighted by Gasteiger charge is 2.14. The number of aromatic nitrogens is 3. The second kappa shape index (κ2) is 9.73. The van der Waals surface area contributed by atoms with Gasteiger partial charge in [-0.3, -0.25) is 0 Å². The number of aliphatic hydroxyl groups is 1. The number of hydrogen-bond acceptors (Lipinski definition) is 5. The van der Waals surface area contributed by atoms with Crippen molar-refractivity contribution in [3.05, 3.63) is 81.1 Å². The Labute approximate surface area is 187 Å². The van der Waals surface area contributed by atoms with Crippen molar-refractivity contribution in [2.75, 3.05) is 13.1 Å². The number of nitrogens with one attached hydrogen (secondary N) is 1. The van der Waals surface area contributed by atoms with E-state index in [4.69, 9.17) is 9.97 Å². The minimum Gasteiger partial charge on any atom is -0.387 e. The Bertz CT molecular complexity index is 1150. The van der Waals surface area contributed by atoms with E-state index in [0.29, 0.717) is 6.54 Å². The van der Waals surface area contributed by atoms with Gasteiger partial charge in [0.1, 0.15) is 5.82 Å². The van der Waals surface area contributed by atoms with E-state index in [9.17, 15) is 5.11 Å². The summed E-state index contributed by atoms with van der Waals surface area (Å²) >= 11 is 1.79. The maximum atomic E-state index is 10.3. The summed E-state index contributed by atoms with van der Waals surface area (Å²) in [5.41, 5.74) is 5.53. The average molecular weight is 435 g/mol. The first-order chi connectivity index (χ1) is 15.0. The summed E-state index contributed by atoms with van der Waals surface area (Å²) in [4.78, 5) is 11.0. The summed E-state index contributed by atoms with van der Waals surface area (Å²) in [7, 11) is 2.09. The van der Waals surface area contributed by atoms with E-state index in [1.807, 2.05) is 30.3 Å². The van der Waals surface area contributed by atoms with Crippen molar-refractivity contribution in [3.8, 4) is 0 Å². The molecule has 1 atom stereocenters. The summed E-state index contributed by atoms with van der Waals surface area (Å²) in [6, 6.07) is 16.3. The molecule has 0 saturated carbocycles. The molecule has 4 aromatic rings. The number of aryl methyl sites for hydroxylation is 3. The molecule has 0 amide bonds. The van der Waals surface area contributed by atoms with Gasteiger partial charge in [0.2, 0.25) is 0 Å². The predicted octanol–water partition coefficient (Wildman–Crippen LogP) is 4.36. The fraction of sp³-hybridized carbons (Fsp3) is 0.360. The normalized spacial score (nSPS) is 12.5. The van der Waals surface area contributed by atoms with Gasteiger partial charge in [0.25, 0.3) is 0 Å². The Morgan fingerprint density at radius 2 is 1.94 bits per heavy atom. The molecule has 0 spiro atoms. The minimum absolute atomic E-state index is 0.482. The van der Waals surface area contributed by atoms with Crippen molar-refractivity contribution >= 4 is 22.4 Å². The molecule has 0 aliphatic carbocycles. The monoisotopic (exact) mass is 434 g/mol. The van der Waals surface area contributed by atoms with Crippen LogP contribution < -0.4 is 5.32 Å². The number of hydrogen-bond donors (Lipinski definition) is 2. The third-order valence-electron chi connectivity index (χ3n) is 5.68. The molecule has 31 heavy (non-hydrogen) atoms. The highest BCUT2D eigenvalue weighted by atomic mass is 32.1. The van der Waals surface area contributed by atoms with E-state index in [2.05, 4.69) is 49.0 Å². The Hall–Kier alpha value is -2.54. The molecule has 0 aliphatic heterocycles. The smallest absolute Gasteiger partial charge is 0.115 e. The number of imidazole rings is 1. The Kier molecular flexibility index (Phi) is 6.80. The van der Waals surface area contributed by atoms with Gasteiger partial charge < -0.3 is 15.0 Å². The zero-order valence-electron chi connectivity index (χ0n) is 18.4. The number of aliphatic hydroxyl groups excluding tert-OH is 1. The number of thiazole rings is 1. The second-order valence-electron chi connectivity index (χ2n) is 7.92. The van der Waals surface area contributed by atoms with Crippen LogP contribution in [0, 0.1) is 6.92 Å². The van der Waals surface area contributed by atoms with Gasteiger partial charge in [-0.15, -0.1) is 11.3 Å². The molecule has 6 heteroatoms. The topological polar surface area (TPSA) is 63.0 Å². The first kappa shape index (κ1) is 21.7. The van der Waals surface area contributed by atoms with Gasteiger partial charge >= 0.3 is 0 Å². The lowest BCUT2D eigenvalue weighted by molar-refractivity contribution is 0.175. The van der Waals surface area contributed by atoms with Crippen molar-refractivity contribution in [2.45, 2.75) is 39.2 Å². The van der Waals surface area contributed by atoms with Gasteiger partial charge in [-0.05, 0) is 49.6 Å². The van der Waals surface area contributed by atoms with Gasteiger partial charge in [-0.25, -0.2) is 9.97 Å². The van der Waals surface area contributed by atoms with Crippen LogP contribution >= 0.6 is 11.3 Å². The van der Waals surface area contributed by atoms with Gasteiger partial charge in [0.05, 0.1) is 27.8 Å². The number of nitrogens with zero attached hydrogens (tertiary/aromatic N) is 3. The van der Waals surface area contributed by atoms with Crippen LogP contribution in [0.3, 0.4) is 0 Å². The molecule has 2 aromatic carbocycles. The fourth-order valence-electron chi connectivity index (χ4n) is 3.95. The summed E-state index contributed by atoms with van der Waals surface area (Å²) in [6.07, 6.45) is 2.20. The van der Waals surface area contributed by atoms with E-state index < -0.39 is 6.10 Å². The number of benzene rings is 2. The van der Waals surface area contributed by atoms with Crippen molar-refractivity contribution in [1.82, 2.24) is 19.9 Å². The Morgan fingerprint density at radius 3 is 2.71 bits per heavy atom. The number of rotatable bonds is 9. The first-order valence-corrected chi connectivity index (χ1v) is 11.7. The Morgan fingerprint density at radius 1 is 1.13 bits per heavy atom. The highest BCUT2D eigenvalue weighted by molar-refractivity contribution is 7.11. The zero-order chi connectivity index (χ0) is 21.8. The molecule has 0 unspecified atom stereocenters. The van der Waals surface area contributed by atoms with Crippen LogP contribution in [0.5, 0.6) is 0 Å². The van der Waals surface area contributed by atoms with Gasteiger partial charge in [-0.2, -0.15) is 0 Å². The first-order valence-electron chi connectivity index (χ1n) is 10.9. The van der Waals surface area contributed by atoms with E-state index in [0.717, 1.165) is 58.9 Å². The second-order valence-corrected chi connectivity index (χ2v) is 9.21. The van der Waals surface area contributed by atoms with Crippen molar-refractivity contribution in [1.29, 1.82) is 0 Å². The van der Waals surface area contributed by atoms with Crippen LogP contribution in [0.25, 0.3) is 11.0 Å². The molecule has 2 N–H and O–H groups in total. The van der Waals surface area contributed by atoms with Crippen molar-refractivity contribution < 1.29 is 5.11 Å². The largest absolute Gasteiger partial charge is 0.387 e. The SMILES string of the molecule is CCc1sc(C)nc1Cc1nc2cc(CCNC[C@H](O)c3ccccc3)ccc2n1C. The van der Waals surface area contributed by atoms with Crippen LogP contribution in [0.2, 0.25) is 0 Å². The summed E-state index contributed by atoms with van der Waals surface area (Å²) in [5, 5.41) is 14.8. The molecule has 0 aliphatic rings. The standard InChI is InChI=1S/C25H30N4OS/c1-4-24-21(27-17(2)31-24)15-25-28-20-14-18(10-11-22(20)29(25)3)12-13-26-16-23(30)19-8-6-5-7-9-19/h5-11,14,23,26,30H,4,12-13,15-16H2,1-3H3/t23-/m0/s1. The molecular weight excluding hydrogens is 404 g/mol. The Balaban J connectivity index is 1.39. The molecule has 0 fully saturated rings. The molecule has 162 valence electrons. The molecule has 4 rings (SSSR count). The minimum atomic E-state index is -0.482. The third kappa shape index (κ3) is 5.03. The maximum absolute atomic E-state index is 10.3. The lowest BCUT2D eigenvalue weighted by atomic mass is 10.1. The summed E-state index contributed by atoms with van der Waals surface area (Å²) < 4.78 is 2.18. The lowest BCUT2D eigenvalue weighted by Crippen LogP contribution is -2.23. The lowest BCUT2D eigenvalue weighted by Gasteiger charge is -2.12. The quantitative estimate of drug-likeness (QED) is 0.384. The van der Waals surface area contributed by atoms with Crippen molar-refractivity contribution in [2.24, 2.45) is 7.05 Å². The highest BCUT2D eigenvalue weighted by Crippen LogP contribution is 2.23. The van der Waals surface area contributed by atoms with E-state index in [-0.39, 0.29) is 0 Å². The molecule has 0 saturated heterocycles. The van der Waals surface area contributed by atoms with E-state index in [1.54, 1.807) is 11.3 Å². The predicted molar refractivity (Wildman–Crippen MR) is 128 cm³/mol. The van der Waals surface area contributed by atoms with Crippen LogP contribution in [0.1, 0.15) is 45.6 Å². The van der Waals surface area contributed by atoms with Crippen molar-refractivity contribution in [3.63, 3.8) is 0 Å². The molecule has 2 heterocycles. The van der Waals surface area contributed by atoms with Gasteiger partial charge in [-0.1, -0.05) is 43.3 Å². The van der Waals surface area contributed by atoms with Crippen LogP contribution in [-0.2, 0) is 26.3 Å². The summed E-state index contributed by atoms with van der Waals surface area (Å²) in [6.45, 7) is 5.62. The molecule has 5 nitrogen and oxygen atoms in total. The van der Waals surface area contributed by atoms with E-state index in [1.165, 1.54) is 10.4 Å². The van der Waals surface area contributed by atoms with Crippen LogP contribution in [0.15, 0.2) is 48.5 Å². The zero-order valence-corrected chi connectivity index (χ0v) is 19.2. The molecule has 2 aromatic heterocycles.